The second-order valence-corrected chi connectivity index (χ2v) is 14.8. The van der Waals surface area contributed by atoms with Crippen molar-refractivity contribution >= 4 is 33.3 Å². The van der Waals surface area contributed by atoms with Gasteiger partial charge < -0.3 is 19.8 Å². The lowest BCUT2D eigenvalue weighted by molar-refractivity contribution is -0.0424. The van der Waals surface area contributed by atoms with E-state index >= 15 is 0 Å². The molecule has 0 amide bonds. The van der Waals surface area contributed by atoms with Crippen LogP contribution < -0.4 is 24.8 Å². The van der Waals surface area contributed by atoms with E-state index in [-0.39, 0.29) is 10.8 Å². The highest BCUT2D eigenvalue weighted by Gasteiger charge is 2.45. The van der Waals surface area contributed by atoms with Crippen LogP contribution in [0.4, 0.5) is 5.69 Å². The average Bonchev–Trinajstić information content (AvgIpc) is 3.48. The quantitative estimate of drug-likeness (QED) is 0.161. The summed E-state index contributed by atoms with van der Waals surface area (Å²) >= 11 is 0. The predicted molar refractivity (Wildman–Crippen MR) is 187 cm³/mol. The average molecular weight is 612 g/mol. The molecule has 5 aromatic carbocycles. The van der Waals surface area contributed by atoms with E-state index in [4.69, 9.17) is 4.74 Å². The van der Waals surface area contributed by atoms with E-state index in [1.807, 2.05) is 12.1 Å². The van der Waals surface area contributed by atoms with Crippen LogP contribution in [0.2, 0.25) is 0 Å². The zero-order valence-electron chi connectivity index (χ0n) is 27.5. The van der Waals surface area contributed by atoms with E-state index in [0.717, 1.165) is 43.2 Å². The molecular weight excluding hydrogens is 568 g/mol. The Morgan fingerprint density at radius 2 is 1.48 bits per heavy atom. The molecule has 0 aliphatic carbocycles. The summed E-state index contributed by atoms with van der Waals surface area (Å²) in [6.45, 7) is 15.3. The van der Waals surface area contributed by atoms with E-state index in [9.17, 15) is 10.2 Å². The van der Waals surface area contributed by atoms with Crippen LogP contribution in [-0.4, -0.2) is 29.8 Å². The summed E-state index contributed by atoms with van der Waals surface area (Å²) in [4.78, 5) is 2.61. The zero-order valence-corrected chi connectivity index (χ0v) is 27.5. The molecule has 3 aliphatic rings. The number of rotatable bonds is 6. The molecule has 5 heteroatoms. The van der Waals surface area contributed by atoms with Gasteiger partial charge in [0.2, 0.25) is 5.36 Å². The Morgan fingerprint density at radius 1 is 0.804 bits per heavy atom. The summed E-state index contributed by atoms with van der Waals surface area (Å²) < 4.78 is 9.89. The summed E-state index contributed by atoms with van der Waals surface area (Å²) in [5.74, 6) is 2.02. The summed E-state index contributed by atoms with van der Waals surface area (Å²) in [6, 6.07) is 25.3. The van der Waals surface area contributed by atoms with Crippen molar-refractivity contribution in [1.82, 2.24) is 4.58 Å². The minimum atomic E-state index is -1.46. The van der Waals surface area contributed by atoms with Crippen molar-refractivity contribution in [2.75, 3.05) is 24.5 Å². The molecule has 0 saturated heterocycles. The van der Waals surface area contributed by atoms with E-state index in [0.29, 0.717) is 5.56 Å². The maximum Gasteiger partial charge on any atom is 0.215 e. The molecule has 5 aromatic rings. The Hall–Kier alpha value is -4.19. The van der Waals surface area contributed by atoms with Gasteiger partial charge in [-0.05, 0) is 43.2 Å². The van der Waals surface area contributed by atoms with Gasteiger partial charge in [-0.25, -0.2) is 4.58 Å². The van der Waals surface area contributed by atoms with E-state index in [2.05, 4.69) is 98.7 Å². The van der Waals surface area contributed by atoms with Crippen LogP contribution in [0.5, 0.6) is 11.5 Å². The maximum atomic E-state index is 9.63. The molecule has 46 heavy (non-hydrogen) atoms. The first-order valence-corrected chi connectivity index (χ1v) is 16.7. The number of unbranched alkanes of at least 4 members (excludes halogenated alkanes) is 1. The number of fused-ring (bicyclic) bond motifs is 12. The van der Waals surface area contributed by atoms with Gasteiger partial charge >= 0.3 is 0 Å². The number of hydrogen-bond donors (Lipinski definition) is 2. The number of aliphatic hydroxyl groups excluding tert-OH is 1. The molecule has 234 valence electrons. The minimum Gasteiger partial charge on any atom is -0.455 e. The fourth-order valence-electron chi connectivity index (χ4n) is 8.47. The van der Waals surface area contributed by atoms with Crippen molar-refractivity contribution in [2.45, 2.75) is 71.1 Å². The van der Waals surface area contributed by atoms with Gasteiger partial charge in [0.05, 0.1) is 22.1 Å². The third-order valence-corrected chi connectivity index (χ3v) is 10.4. The molecule has 2 N–H and O–H groups in total. The van der Waals surface area contributed by atoms with Gasteiger partial charge in [-0.2, -0.15) is 0 Å². The molecule has 0 saturated carbocycles. The number of anilines is 1. The first-order valence-electron chi connectivity index (χ1n) is 16.7. The molecule has 5 nitrogen and oxygen atoms in total. The molecule has 0 unspecified atom stereocenters. The molecule has 3 heterocycles. The predicted octanol–water partition coefficient (Wildman–Crippen LogP) is 6.79. The largest absolute Gasteiger partial charge is 0.455 e. The third-order valence-electron chi connectivity index (χ3n) is 10.4. The number of aliphatic hydroxyl groups is 2. The maximum absolute atomic E-state index is 9.63. The lowest BCUT2D eigenvalue weighted by atomic mass is 9.81. The van der Waals surface area contributed by atoms with Gasteiger partial charge in [0.15, 0.2) is 19.4 Å². The zero-order chi connectivity index (χ0) is 32.0. The first-order chi connectivity index (χ1) is 22.1. The first kappa shape index (κ1) is 29.2. The van der Waals surface area contributed by atoms with E-state index < -0.39 is 6.29 Å². The molecule has 0 atom stereocenters. The van der Waals surface area contributed by atoms with Gasteiger partial charge in [-0.15, -0.1) is 0 Å². The third kappa shape index (κ3) is 4.32. The van der Waals surface area contributed by atoms with Crippen molar-refractivity contribution in [3.63, 3.8) is 0 Å². The Bertz CT molecular complexity index is 2180. The number of hydrogen-bond acceptors (Lipinski definition) is 4. The number of benzene rings is 5. The minimum absolute atomic E-state index is 0.0571. The van der Waals surface area contributed by atoms with Gasteiger partial charge in [0.1, 0.15) is 11.5 Å². The topological polar surface area (TPSA) is 55.9 Å². The molecule has 0 radical (unpaired) electrons. The molecule has 3 aliphatic heterocycles. The normalized spacial score (nSPS) is 17.1. The highest BCUT2D eigenvalue weighted by Crippen LogP contribution is 2.54. The van der Waals surface area contributed by atoms with Crippen molar-refractivity contribution in [2.24, 2.45) is 0 Å². The summed E-state index contributed by atoms with van der Waals surface area (Å²) in [5.41, 5.74) is 6.56. The van der Waals surface area contributed by atoms with E-state index in [1.54, 1.807) is 12.1 Å². The van der Waals surface area contributed by atoms with Crippen LogP contribution in [0.3, 0.4) is 0 Å². The van der Waals surface area contributed by atoms with Crippen molar-refractivity contribution in [3.8, 4) is 11.5 Å². The second-order valence-electron chi connectivity index (χ2n) is 14.8. The van der Waals surface area contributed by atoms with E-state index in [1.165, 1.54) is 67.3 Å². The summed E-state index contributed by atoms with van der Waals surface area (Å²) in [7, 11) is 0. The molecule has 0 spiro atoms. The van der Waals surface area contributed by atoms with Crippen LogP contribution in [0.25, 0.3) is 27.6 Å². The Kier molecular flexibility index (Phi) is 6.62. The van der Waals surface area contributed by atoms with Crippen LogP contribution in [-0.2, 0) is 17.4 Å². The van der Waals surface area contributed by atoms with Gasteiger partial charge in [0, 0.05) is 51.4 Å². The van der Waals surface area contributed by atoms with Gasteiger partial charge in [-0.1, -0.05) is 93.9 Å². The molecular formula is C41H43N2O3+. The van der Waals surface area contributed by atoms with Crippen molar-refractivity contribution in [1.29, 1.82) is 0 Å². The fourth-order valence-corrected chi connectivity index (χ4v) is 8.47. The van der Waals surface area contributed by atoms with Gasteiger partial charge in [0.25, 0.3) is 0 Å². The van der Waals surface area contributed by atoms with Crippen LogP contribution >= 0.6 is 0 Å². The highest BCUT2D eigenvalue weighted by atomic mass is 16.5. The summed E-state index contributed by atoms with van der Waals surface area (Å²) in [5, 5.41) is 26.7. The smallest absolute Gasteiger partial charge is 0.215 e. The number of nitrogens with zero attached hydrogens (tertiary/aromatic N) is 2. The molecule has 0 aromatic heterocycles. The Balaban J connectivity index is 1.42. The van der Waals surface area contributed by atoms with Crippen LogP contribution in [0, 0.1) is 0 Å². The highest BCUT2D eigenvalue weighted by molar-refractivity contribution is 6.06. The number of ether oxygens (including phenoxy) is 1. The molecule has 8 rings (SSSR count). The lowest BCUT2D eigenvalue weighted by Crippen LogP contribution is -2.30. The van der Waals surface area contributed by atoms with Gasteiger partial charge in [-0.3, -0.25) is 0 Å². The lowest BCUT2D eigenvalue weighted by Gasteiger charge is -2.28. The van der Waals surface area contributed by atoms with Crippen LogP contribution in [0.15, 0.2) is 72.8 Å². The second kappa shape index (κ2) is 10.4. The summed E-state index contributed by atoms with van der Waals surface area (Å²) in [6.07, 6.45) is 3.30. The SMILES string of the molecule is CCCCN1CC(C)(C)c2c3c(c4ccccc4c21)C=c1c(c2c(c4ccccc14)=[N+](Cc1ccc(C(O)O)cc1)CC2(C)C)O3. The Labute approximate surface area is 270 Å². The van der Waals surface area contributed by atoms with Crippen molar-refractivity contribution < 1.29 is 14.9 Å². The monoisotopic (exact) mass is 611 g/mol. The fraction of sp³-hybridized carbons (Fsp3) is 0.341. The Morgan fingerprint density at radius 3 is 2.17 bits per heavy atom. The van der Waals surface area contributed by atoms with Crippen molar-refractivity contribution in [3.05, 3.63) is 111 Å². The molecule has 0 bridgehead atoms. The standard InChI is InChI=1S/C41H43N2O3/c1-6-7-20-42-23-40(2,3)33-35(42)29-14-10-8-12-27(29)31-21-32-28-13-9-11-15-30(28)36-34(38(32)46-37(31)33)41(4,5)24-43(36)22-25-16-18-26(19-17-25)39(44)45/h8-19,21,39,44-45H,6-7,20,22-24H2,1-5H3/q+1. The molecule has 0 fully saturated rings. The van der Waals surface area contributed by atoms with Crippen LogP contribution in [0.1, 0.15) is 81.6 Å².